The van der Waals surface area contributed by atoms with Gasteiger partial charge in [0.15, 0.2) is 0 Å². The third-order valence-corrected chi connectivity index (χ3v) is 3.25. The molecule has 0 aliphatic rings. The predicted octanol–water partition coefficient (Wildman–Crippen LogP) is 3.29. The molecule has 0 fully saturated rings. The molecule has 0 atom stereocenters. The molecular weight excluding hydrogens is 255 g/mol. The molecule has 1 aromatic carbocycles. The van der Waals surface area contributed by atoms with E-state index in [1.165, 1.54) is 12.1 Å². The molecule has 1 N–H and O–H groups in total. The number of carbonyl (C=O) groups is 1. The zero-order valence-electron chi connectivity index (χ0n) is 10.3. The van der Waals surface area contributed by atoms with Crippen molar-refractivity contribution in [3.8, 4) is 6.07 Å². The lowest BCUT2D eigenvalue weighted by Crippen LogP contribution is -2.46. The molecule has 1 rings (SSSR count). The highest BCUT2D eigenvalue weighted by Crippen LogP contribution is 2.18. The van der Waals surface area contributed by atoms with Crippen LogP contribution in [-0.4, -0.2) is 11.4 Å². The Bertz CT molecular complexity index is 492. The Morgan fingerprint density at radius 2 is 2.11 bits per heavy atom. The van der Waals surface area contributed by atoms with Crippen LogP contribution in [0.1, 0.15) is 37.0 Å². The SMILES string of the molecule is CCC(C#N)(CC)NC(=O)c1ccc(F)c(Cl)c1. The lowest BCUT2D eigenvalue weighted by Gasteiger charge is -2.24. The van der Waals surface area contributed by atoms with E-state index in [2.05, 4.69) is 11.4 Å². The second kappa shape index (κ2) is 5.83. The minimum Gasteiger partial charge on any atom is -0.334 e. The number of nitrogens with one attached hydrogen (secondary N) is 1. The van der Waals surface area contributed by atoms with Crippen LogP contribution in [0.5, 0.6) is 0 Å². The van der Waals surface area contributed by atoms with Gasteiger partial charge < -0.3 is 5.32 Å². The largest absolute Gasteiger partial charge is 0.334 e. The first-order valence-corrected chi connectivity index (χ1v) is 6.04. The Hall–Kier alpha value is -1.60. The number of amides is 1. The summed E-state index contributed by atoms with van der Waals surface area (Å²) in [5.41, 5.74) is -0.652. The molecule has 0 aromatic heterocycles. The van der Waals surface area contributed by atoms with Gasteiger partial charge >= 0.3 is 0 Å². The van der Waals surface area contributed by atoms with E-state index in [0.717, 1.165) is 6.07 Å². The van der Waals surface area contributed by atoms with Crippen molar-refractivity contribution in [1.29, 1.82) is 5.26 Å². The minimum absolute atomic E-state index is 0.113. The Morgan fingerprint density at radius 1 is 1.50 bits per heavy atom. The van der Waals surface area contributed by atoms with Gasteiger partial charge in [-0.05, 0) is 31.0 Å². The first kappa shape index (κ1) is 14.5. The summed E-state index contributed by atoms with van der Waals surface area (Å²) in [6.45, 7) is 3.65. The molecule has 0 radical (unpaired) electrons. The summed E-state index contributed by atoms with van der Waals surface area (Å²) in [7, 11) is 0. The summed E-state index contributed by atoms with van der Waals surface area (Å²) in [5, 5.41) is 11.7. The summed E-state index contributed by atoms with van der Waals surface area (Å²) < 4.78 is 13.0. The fourth-order valence-electron chi connectivity index (χ4n) is 1.54. The quantitative estimate of drug-likeness (QED) is 0.911. The maximum atomic E-state index is 13.0. The van der Waals surface area contributed by atoms with E-state index in [9.17, 15) is 9.18 Å². The zero-order chi connectivity index (χ0) is 13.8. The number of hydrogen-bond acceptors (Lipinski definition) is 2. The Morgan fingerprint density at radius 3 is 2.56 bits per heavy atom. The van der Waals surface area contributed by atoms with Crippen LogP contribution in [0.25, 0.3) is 0 Å². The number of carbonyl (C=O) groups excluding carboxylic acids is 1. The van der Waals surface area contributed by atoms with Crippen molar-refractivity contribution in [1.82, 2.24) is 5.32 Å². The number of benzene rings is 1. The standard InChI is InChI=1S/C13H14ClFN2O/c1-3-13(4-2,8-16)17-12(18)9-5-6-11(15)10(14)7-9/h5-7H,3-4H2,1-2H3,(H,17,18). The van der Waals surface area contributed by atoms with Crippen molar-refractivity contribution in [2.75, 3.05) is 0 Å². The monoisotopic (exact) mass is 268 g/mol. The molecule has 0 aliphatic carbocycles. The van der Waals surface area contributed by atoms with Crippen molar-refractivity contribution in [3.05, 3.63) is 34.6 Å². The molecule has 0 saturated heterocycles. The first-order chi connectivity index (χ1) is 8.48. The maximum absolute atomic E-state index is 13.0. The first-order valence-electron chi connectivity index (χ1n) is 5.67. The molecular formula is C13H14ClFN2O. The molecule has 3 nitrogen and oxygen atoms in total. The van der Waals surface area contributed by atoms with Gasteiger partial charge in [0, 0.05) is 5.56 Å². The van der Waals surface area contributed by atoms with Crippen LogP contribution in [0.15, 0.2) is 18.2 Å². The lowest BCUT2D eigenvalue weighted by atomic mass is 9.94. The predicted molar refractivity (Wildman–Crippen MR) is 67.8 cm³/mol. The van der Waals surface area contributed by atoms with E-state index in [-0.39, 0.29) is 10.6 Å². The lowest BCUT2D eigenvalue weighted by molar-refractivity contribution is 0.0915. The average Bonchev–Trinajstić information content (AvgIpc) is 2.39. The van der Waals surface area contributed by atoms with E-state index in [0.29, 0.717) is 12.8 Å². The van der Waals surface area contributed by atoms with E-state index < -0.39 is 17.3 Å². The van der Waals surface area contributed by atoms with Gasteiger partial charge in [-0.15, -0.1) is 0 Å². The number of rotatable bonds is 4. The molecule has 0 spiro atoms. The molecule has 0 unspecified atom stereocenters. The molecule has 0 saturated carbocycles. The highest BCUT2D eigenvalue weighted by Gasteiger charge is 2.28. The van der Waals surface area contributed by atoms with Crippen LogP contribution >= 0.6 is 11.6 Å². The van der Waals surface area contributed by atoms with E-state index in [4.69, 9.17) is 16.9 Å². The van der Waals surface area contributed by atoms with Gasteiger partial charge in [-0.3, -0.25) is 4.79 Å². The van der Waals surface area contributed by atoms with Gasteiger partial charge in [0.25, 0.3) is 5.91 Å². The van der Waals surface area contributed by atoms with Crippen molar-refractivity contribution in [2.45, 2.75) is 32.2 Å². The fourth-order valence-corrected chi connectivity index (χ4v) is 1.72. The van der Waals surface area contributed by atoms with Crippen LogP contribution in [0.4, 0.5) is 4.39 Å². The van der Waals surface area contributed by atoms with Crippen molar-refractivity contribution in [2.24, 2.45) is 0 Å². The average molecular weight is 269 g/mol. The van der Waals surface area contributed by atoms with Gasteiger partial charge in [-0.25, -0.2) is 4.39 Å². The number of hydrogen-bond donors (Lipinski definition) is 1. The van der Waals surface area contributed by atoms with Gasteiger partial charge in [-0.1, -0.05) is 25.4 Å². The minimum atomic E-state index is -0.891. The number of halogens is 2. The molecule has 0 heterocycles. The second-order valence-electron chi connectivity index (χ2n) is 3.98. The second-order valence-corrected chi connectivity index (χ2v) is 4.39. The molecule has 5 heteroatoms. The number of nitrogens with zero attached hydrogens (tertiary/aromatic N) is 1. The maximum Gasteiger partial charge on any atom is 0.252 e. The highest BCUT2D eigenvalue weighted by atomic mass is 35.5. The third-order valence-electron chi connectivity index (χ3n) is 2.96. The van der Waals surface area contributed by atoms with Crippen molar-refractivity contribution >= 4 is 17.5 Å². The topological polar surface area (TPSA) is 52.9 Å². The Labute approximate surface area is 111 Å². The summed E-state index contributed by atoms with van der Waals surface area (Å²) in [6, 6.07) is 5.82. The molecule has 0 bridgehead atoms. The summed E-state index contributed by atoms with van der Waals surface area (Å²) in [4.78, 5) is 12.0. The van der Waals surface area contributed by atoms with Gasteiger partial charge in [0.2, 0.25) is 0 Å². The van der Waals surface area contributed by atoms with Crippen molar-refractivity contribution < 1.29 is 9.18 Å². The molecule has 1 aromatic rings. The number of nitriles is 1. The van der Waals surface area contributed by atoms with Crippen LogP contribution in [0.2, 0.25) is 5.02 Å². The van der Waals surface area contributed by atoms with Gasteiger partial charge in [-0.2, -0.15) is 5.26 Å². The highest BCUT2D eigenvalue weighted by molar-refractivity contribution is 6.31. The summed E-state index contributed by atoms with van der Waals surface area (Å²) in [6.07, 6.45) is 1.00. The third kappa shape index (κ3) is 2.99. The summed E-state index contributed by atoms with van der Waals surface area (Å²) >= 11 is 5.61. The van der Waals surface area contributed by atoms with Crippen LogP contribution < -0.4 is 5.32 Å². The Kier molecular flexibility index (Phi) is 4.69. The van der Waals surface area contributed by atoms with E-state index in [1.807, 2.05) is 13.8 Å². The molecule has 96 valence electrons. The van der Waals surface area contributed by atoms with Crippen LogP contribution in [-0.2, 0) is 0 Å². The Balaban J connectivity index is 2.95. The van der Waals surface area contributed by atoms with Crippen LogP contribution in [0.3, 0.4) is 0 Å². The van der Waals surface area contributed by atoms with Crippen molar-refractivity contribution in [3.63, 3.8) is 0 Å². The van der Waals surface area contributed by atoms with Gasteiger partial charge in [0.1, 0.15) is 11.4 Å². The fraction of sp³-hybridized carbons (Fsp3) is 0.385. The molecule has 0 aliphatic heterocycles. The van der Waals surface area contributed by atoms with E-state index in [1.54, 1.807) is 0 Å². The zero-order valence-corrected chi connectivity index (χ0v) is 11.0. The molecule has 18 heavy (non-hydrogen) atoms. The van der Waals surface area contributed by atoms with Crippen LogP contribution in [0, 0.1) is 17.1 Å². The van der Waals surface area contributed by atoms with Gasteiger partial charge in [0.05, 0.1) is 11.1 Å². The summed E-state index contributed by atoms with van der Waals surface area (Å²) in [5.74, 6) is -1.01. The normalized spacial score (nSPS) is 10.8. The smallest absolute Gasteiger partial charge is 0.252 e. The molecule has 1 amide bonds. The van der Waals surface area contributed by atoms with E-state index >= 15 is 0 Å².